The number of hydrogen-bond donors (Lipinski definition) is 2. The smallest absolute Gasteiger partial charge is 0.240 e. The molecule has 112 valence electrons. The largest absolute Gasteiger partial charge is 0.387 e. The first kappa shape index (κ1) is 15.9. The topological polar surface area (TPSA) is 66.4 Å². The molecule has 0 aromatic heterocycles. The molecule has 0 saturated carbocycles. The second-order valence-electron chi connectivity index (χ2n) is 4.34. The highest BCUT2D eigenvalue weighted by Gasteiger charge is 2.17. The quantitative estimate of drug-likeness (QED) is 0.885. The second-order valence-corrected chi connectivity index (χ2v) is 6.52. The Morgan fingerprint density at radius 2 is 1.76 bits per heavy atom. The maximum Gasteiger partial charge on any atom is 0.240 e. The van der Waals surface area contributed by atoms with Crippen LogP contribution in [0.2, 0.25) is 5.02 Å². The summed E-state index contributed by atoms with van der Waals surface area (Å²) in [7, 11) is -3.81. The SMILES string of the molecule is O=S(=O)(NCC(O)c1ccccc1Cl)c1ccc(F)cc1. The predicted molar refractivity (Wildman–Crippen MR) is 78.0 cm³/mol. The van der Waals surface area contributed by atoms with Crippen molar-refractivity contribution in [2.75, 3.05) is 6.54 Å². The maximum atomic E-state index is 12.8. The number of sulfonamides is 1. The molecule has 7 heteroatoms. The number of benzene rings is 2. The third-order valence-corrected chi connectivity index (χ3v) is 4.64. The summed E-state index contributed by atoms with van der Waals surface area (Å²) in [6, 6.07) is 11.0. The van der Waals surface area contributed by atoms with Crippen LogP contribution in [0.5, 0.6) is 0 Å². The average molecular weight is 330 g/mol. The standard InChI is InChI=1S/C14H13ClFNO3S/c15-13-4-2-1-3-12(13)14(18)9-17-21(19,20)11-7-5-10(16)6-8-11/h1-8,14,17-18H,9H2. The van der Waals surface area contributed by atoms with Crippen LogP contribution in [0, 0.1) is 5.82 Å². The fraction of sp³-hybridized carbons (Fsp3) is 0.143. The van der Waals surface area contributed by atoms with E-state index < -0.39 is 21.9 Å². The van der Waals surface area contributed by atoms with Crippen molar-refractivity contribution >= 4 is 21.6 Å². The van der Waals surface area contributed by atoms with Crippen molar-refractivity contribution in [3.05, 3.63) is 64.9 Å². The molecule has 2 aromatic rings. The van der Waals surface area contributed by atoms with E-state index in [0.29, 0.717) is 10.6 Å². The molecule has 0 heterocycles. The molecule has 0 saturated heterocycles. The third-order valence-electron chi connectivity index (χ3n) is 2.85. The van der Waals surface area contributed by atoms with Crippen molar-refractivity contribution < 1.29 is 17.9 Å². The Labute approximate surface area is 127 Å². The van der Waals surface area contributed by atoms with Crippen LogP contribution in [0.4, 0.5) is 4.39 Å². The van der Waals surface area contributed by atoms with Gasteiger partial charge < -0.3 is 5.11 Å². The van der Waals surface area contributed by atoms with E-state index in [2.05, 4.69) is 4.72 Å². The van der Waals surface area contributed by atoms with Crippen LogP contribution < -0.4 is 4.72 Å². The van der Waals surface area contributed by atoms with Gasteiger partial charge in [0.05, 0.1) is 11.0 Å². The van der Waals surface area contributed by atoms with Crippen LogP contribution in [0.15, 0.2) is 53.4 Å². The van der Waals surface area contributed by atoms with Crippen LogP contribution in [-0.4, -0.2) is 20.1 Å². The number of nitrogens with one attached hydrogen (secondary N) is 1. The fourth-order valence-corrected chi connectivity index (χ4v) is 3.04. The van der Waals surface area contributed by atoms with Crippen molar-refractivity contribution in [3.63, 3.8) is 0 Å². The van der Waals surface area contributed by atoms with Gasteiger partial charge in [-0.25, -0.2) is 17.5 Å². The van der Waals surface area contributed by atoms with Gasteiger partial charge in [-0.1, -0.05) is 29.8 Å². The molecule has 1 unspecified atom stereocenters. The molecule has 4 nitrogen and oxygen atoms in total. The fourth-order valence-electron chi connectivity index (χ4n) is 1.74. The first-order valence-electron chi connectivity index (χ1n) is 6.08. The molecule has 2 rings (SSSR count). The van der Waals surface area contributed by atoms with Gasteiger partial charge in [-0.2, -0.15) is 0 Å². The van der Waals surface area contributed by atoms with Crippen molar-refractivity contribution in [1.82, 2.24) is 4.72 Å². The van der Waals surface area contributed by atoms with Crippen LogP contribution in [0.25, 0.3) is 0 Å². The molecule has 2 N–H and O–H groups in total. The number of halogens is 2. The van der Waals surface area contributed by atoms with Gasteiger partial charge >= 0.3 is 0 Å². The summed E-state index contributed by atoms with van der Waals surface area (Å²) in [5.74, 6) is -0.523. The number of aliphatic hydroxyl groups is 1. The van der Waals surface area contributed by atoms with Crippen LogP contribution in [0.3, 0.4) is 0 Å². The number of hydrogen-bond acceptors (Lipinski definition) is 3. The van der Waals surface area contributed by atoms with Gasteiger partial charge in [0, 0.05) is 17.1 Å². The molecule has 0 amide bonds. The molecule has 0 aliphatic carbocycles. The summed E-state index contributed by atoms with van der Waals surface area (Å²) in [6.45, 7) is -0.233. The van der Waals surface area contributed by atoms with E-state index in [4.69, 9.17) is 11.6 Å². The Morgan fingerprint density at radius 3 is 2.38 bits per heavy atom. The number of rotatable bonds is 5. The van der Waals surface area contributed by atoms with Crippen LogP contribution in [-0.2, 0) is 10.0 Å². The zero-order valence-corrected chi connectivity index (χ0v) is 12.4. The number of aliphatic hydroxyl groups excluding tert-OH is 1. The van der Waals surface area contributed by atoms with E-state index in [0.717, 1.165) is 24.3 Å². The molecule has 1 atom stereocenters. The molecule has 0 spiro atoms. The molecule has 0 bridgehead atoms. The molecule has 21 heavy (non-hydrogen) atoms. The summed E-state index contributed by atoms with van der Waals surface area (Å²) < 4.78 is 39.0. The van der Waals surface area contributed by atoms with Crippen molar-refractivity contribution in [2.45, 2.75) is 11.0 Å². The predicted octanol–water partition coefficient (Wildman–Crippen LogP) is 2.49. The van der Waals surface area contributed by atoms with Gasteiger partial charge in [-0.05, 0) is 30.3 Å². The van der Waals surface area contributed by atoms with Gasteiger partial charge in [0.2, 0.25) is 10.0 Å². The van der Waals surface area contributed by atoms with Gasteiger partial charge in [0.1, 0.15) is 5.82 Å². The van der Waals surface area contributed by atoms with E-state index in [-0.39, 0.29) is 11.4 Å². The molecule has 0 aliphatic heterocycles. The molecule has 0 radical (unpaired) electrons. The molecule has 0 aliphatic rings. The molecular formula is C14H13ClFNO3S. The van der Waals surface area contributed by atoms with E-state index in [1.165, 1.54) is 0 Å². The lowest BCUT2D eigenvalue weighted by Crippen LogP contribution is -2.28. The second kappa shape index (κ2) is 6.53. The summed E-state index contributed by atoms with van der Waals surface area (Å²) >= 11 is 5.92. The first-order valence-corrected chi connectivity index (χ1v) is 7.94. The Morgan fingerprint density at radius 1 is 1.14 bits per heavy atom. The van der Waals surface area contributed by atoms with Gasteiger partial charge in [-0.3, -0.25) is 0 Å². The van der Waals surface area contributed by atoms with E-state index in [1.54, 1.807) is 24.3 Å². The monoisotopic (exact) mass is 329 g/mol. The summed E-state index contributed by atoms with van der Waals surface area (Å²) in [6.07, 6.45) is -1.08. The third kappa shape index (κ3) is 4.01. The minimum atomic E-state index is -3.81. The Bertz CT molecular complexity index is 719. The van der Waals surface area contributed by atoms with Gasteiger partial charge in [0.15, 0.2) is 0 Å². The Balaban J connectivity index is 2.08. The summed E-state index contributed by atoms with van der Waals surface area (Å²) in [5, 5.41) is 10.3. The van der Waals surface area contributed by atoms with E-state index in [9.17, 15) is 17.9 Å². The highest BCUT2D eigenvalue weighted by molar-refractivity contribution is 7.89. The van der Waals surface area contributed by atoms with Gasteiger partial charge in [-0.15, -0.1) is 0 Å². The van der Waals surface area contributed by atoms with Crippen LogP contribution in [0.1, 0.15) is 11.7 Å². The zero-order chi connectivity index (χ0) is 15.5. The minimum absolute atomic E-state index is 0.0738. The maximum absolute atomic E-state index is 12.8. The first-order chi connectivity index (χ1) is 9.90. The van der Waals surface area contributed by atoms with Gasteiger partial charge in [0.25, 0.3) is 0 Å². The normalized spacial score (nSPS) is 13.1. The average Bonchev–Trinajstić information content (AvgIpc) is 2.46. The van der Waals surface area contributed by atoms with Crippen molar-refractivity contribution in [2.24, 2.45) is 0 Å². The molecule has 2 aromatic carbocycles. The highest BCUT2D eigenvalue weighted by Crippen LogP contribution is 2.22. The Hall–Kier alpha value is -1.47. The lowest BCUT2D eigenvalue weighted by atomic mass is 10.1. The Kier molecular flexibility index (Phi) is 4.95. The highest BCUT2D eigenvalue weighted by atomic mass is 35.5. The van der Waals surface area contributed by atoms with E-state index in [1.807, 2.05) is 0 Å². The zero-order valence-electron chi connectivity index (χ0n) is 10.8. The lowest BCUT2D eigenvalue weighted by Gasteiger charge is -2.14. The van der Waals surface area contributed by atoms with Crippen molar-refractivity contribution in [3.8, 4) is 0 Å². The summed E-state index contributed by atoms with van der Waals surface area (Å²) in [5.41, 5.74) is 0.431. The summed E-state index contributed by atoms with van der Waals surface area (Å²) in [4.78, 5) is -0.0738. The molecule has 0 fully saturated rings. The van der Waals surface area contributed by atoms with Crippen molar-refractivity contribution in [1.29, 1.82) is 0 Å². The minimum Gasteiger partial charge on any atom is -0.387 e. The van der Waals surface area contributed by atoms with E-state index >= 15 is 0 Å². The molecular weight excluding hydrogens is 317 g/mol. The van der Waals surface area contributed by atoms with Crippen LogP contribution >= 0.6 is 11.6 Å². The lowest BCUT2D eigenvalue weighted by molar-refractivity contribution is 0.182.